The van der Waals surface area contributed by atoms with Crippen molar-refractivity contribution in [2.45, 2.75) is 45.3 Å². The molecule has 0 radical (unpaired) electrons. The number of carbonyl (C=O) groups excluding carboxylic acids is 1. The lowest BCUT2D eigenvalue weighted by Gasteiger charge is -2.26. The number of amides is 1. The fraction of sp³-hybridized carbons (Fsp3) is 0.500. The van der Waals surface area contributed by atoms with Gasteiger partial charge in [-0.25, -0.2) is 0 Å². The van der Waals surface area contributed by atoms with Gasteiger partial charge in [-0.2, -0.15) is 0 Å². The fourth-order valence-electron chi connectivity index (χ4n) is 1.85. The summed E-state index contributed by atoms with van der Waals surface area (Å²) in [5, 5.41) is 3.03. The summed E-state index contributed by atoms with van der Waals surface area (Å²) in [5.74, 6) is 0.596. The highest BCUT2D eigenvalue weighted by molar-refractivity contribution is 9.10. The molecule has 1 aromatic carbocycles. The molecule has 2 rings (SSSR count). The lowest BCUT2D eigenvalue weighted by atomic mass is 9.93. The molecule has 98 valence electrons. The van der Waals surface area contributed by atoms with E-state index >= 15 is 0 Å². The first-order valence-corrected chi connectivity index (χ1v) is 7.12. The van der Waals surface area contributed by atoms with E-state index in [2.05, 4.69) is 21.2 Å². The Hall–Kier alpha value is -1.03. The van der Waals surface area contributed by atoms with E-state index in [1.54, 1.807) is 6.07 Å². The monoisotopic (exact) mass is 311 g/mol. The van der Waals surface area contributed by atoms with Crippen molar-refractivity contribution in [2.75, 3.05) is 0 Å². The summed E-state index contributed by atoms with van der Waals surface area (Å²) < 4.78 is 6.60. The van der Waals surface area contributed by atoms with Crippen molar-refractivity contribution in [1.29, 1.82) is 0 Å². The van der Waals surface area contributed by atoms with Crippen LogP contribution in [-0.2, 0) is 0 Å². The molecule has 0 aromatic heterocycles. The van der Waals surface area contributed by atoms with Crippen molar-refractivity contribution in [2.24, 2.45) is 0 Å². The van der Waals surface area contributed by atoms with Gasteiger partial charge in [0.05, 0.1) is 11.7 Å². The molecule has 0 saturated heterocycles. The number of carbonyl (C=O) groups is 1. The van der Waals surface area contributed by atoms with E-state index < -0.39 is 0 Å². The zero-order chi connectivity index (χ0) is 13.1. The van der Waals surface area contributed by atoms with Gasteiger partial charge in [-0.3, -0.25) is 4.79 Å². The van der Waals surface area contributed by atoms with Crippen molar-refractivity contribution >= 4 is 21.8 Å². The molecule has 1 aliphatic rings. The molecule has 1 N–H and O–H groups in total. The number of halogens is 1. The maximum Gasteiger partial charge on any atom is 0.255 e. The predicted octanol–water partition coefficient (Wildman–Crippen LogP) is 3.52. The average molecular weight is 312 g/mol. The van der Waals surface area contributed by atoms with E-state index in [0.717, 1.165) is 17.3 Å². The van der Waals surface area contributed by atoms with Crippen LogP contribution in [0.4, 0.5) is 0 Å². The number of ether oxygens (including phenoxy) is 1. The first-order chi connectivity index (χ1) is 8.56. The zero-order valence-corrected chi connectivity index (χ0v) is 12.3. The van der Waals surface area contributed by atoms with Crippen molar-refractivity contribution in [3.05, 3.63) is 28.2 Å². The van der Waals surface area contributed by atoms with Crippen LogP contribution in [0, 0.1) is 0 Å². The Morgan fingerprint density at radius 3 is 2.72 bits per heavy atom. The molecule has 0 atom stereocenters. The van der Waals surface area contributed by atoms with Crippen LogP contribution >= 0.6 is 15.9 Å². The van der Waals surface area contributed by atoms with Crippen LogP contribution in [0.25, 0.3) is 0 Å². The molecule has 1 fully saturated rings. The third kappa shape index (κ3) is 3.25. The molecule has 0 aliphatic heterocycles. The van der Waals surface area contributed by atoms with Gasteiger partial charge in [0, 0.05) is 10.5 Å². The van der Waals surface area contributed by atoms with Gasteiger partial charge in [-0.15, -0.1) is 0 Å². The molecule has 1 aromatic rings. The second-order valence-electron chi connectivity index (χ2n) is 4.91. The first kappa shape index (κ1) is 13.4. The van der Waals surface area contributed by atoms with Gasteiger partial charge in [-0.1, -0.05) is 15.9 Å². The minimum atomic E-state index is -0.0390. The smallest absolute Gasteiger partial charge is 0.255 e. The Morgan fingerprint density at radius 2 is 2.17 bits per heavy atom. The van der Waals surface area contributed by atoms with Gasteiger partial charge in [0.1, 0.15) is 5.75 Å². The van der Waals surface area contributed by atoms with Crippen molar-refractivity contribution < 1.29 is 9.53 Å². The topological polar surface area (TPSA) is 38.3 Å². The second kappa shape index (κ2) is 5.74. The molecule has 0 spiro atoms. The number of hydrogen-bond donors (Lipinski definition) is 1. The zero-order valence-electron chi connectivity index (χ0n) is 10.7. The highest BCUT2D eigenvalue weighted by atomic mass is 79.9. The van der Waals surface area contributed by atoms with Crippen LogP contribution in [-0.4, -0.2) is 18.1 Å². The minimum Gasteiger partial charge on any atom is -0.490 e. The van der Waals surface area contributed by atoms with E-state index in [1.807, 2.05) is 26.0 Å². The summed E-state index contributed by atoms with van der Waals surface area (Å²) in [6.07, 6.45) is 3.43. The van der Waals surface area contributed by atoms with Gasteiger partial charge in [0.2, 0.25) is 0 Å². The molecule has 1 saturated carbocycles. The summed E-state index contributed by atoms with van der Waals surface area (Å²) in [6.45, 7) is 3.91. The average Bonchev–Trinajstić information content (AvgIpc) is 2.22. The highest BCUT2D eigenvalue weighted by Gasteiger charge is 2.22. The maximum atomic E-state index is 12.2. The lowest BCUT2D eigenvalue weighted by Crippen LogP contribution is -2.39. The highest BCUT2D eigenvalue weighted by Crippen LogP contribution is 2.26. The Labute approximate surface area is 116 Å². The van der Waals surface area contributed by atoms with E-state index in [0.29, 0.717) is 17.4 Å². The lowest BCUT2D eigenvalue weighted by molar-refractivity contribution is 0.0911. The number of nitrogens with one attached hydrogen (secondary N) is 1. The second-order valence-corrected chi connectivity index (χ2v) is 5.82. The molecule has 1 aliphatic carbocycles. The van der Waals surface area contributed by atoms with Gasteiger partial charge >= 0.3 is 0 Å². The molecular formula is C14H18BrNO2. The normalized spacial score (nSPS) is 15.3. The molecule has 18 heavy (non-hydrogen) atoms. The molecule has 0 heterocycles. The summed E-state index contributed by atoms with van der Waals surface area (Å²) in [5.41, 5.74) is 0.610. The van der Waals surface area contributed by atoms with E-state index in [1.165, 1.54) is 6.42 Å². The number of benzene rings is 1. The standard InChI is InChI=1S/C14H18BrNO2/c1-9(2)18-13-8-10(15)6-7-12(13)14(17)16-11-4-3-5-11/h6-9,11H,3-5H2,1-2H3,(H,16,17). The van der Waals surface area contributed by atoms with Crippen LogP contribution in [0.3, 0.4) is 0 Å². The summed E-state index contributed by atoms with van der Waals surface area (Å²) in [6, 6.07) is 5.85. The summed E-state index contributed by atoms with van der Waals surface area (Å²) >= 11 is 3.40. The Balaban J connectivity index is 2.16. The molecular weight excluding hydrogens is 294 g/mol. The van der Waals surface area contributed by atoms with Gasteiger partial charge in [0.25, 0.3) is 5.91 Å². The summed E-state index contributed by atoms with van der Waals surface area (Å²) in [4.78, 5) is 12.2. The van der Waals surface area contributed by atoms with Crippen LogP contribution in [0.2, 0.25) is 0 Å². The van der Waals surface area contributed by atoms with Crippen molar-refractivity contribution in [1.82, 2.24) is 5.32 Å². The van der Waals surface area contributed by atoms with Gasteiger partial charge in [-0.05, 0) is 51.3 Å². The number of hydrogen-bond acceptors (Lipinski definition) is 2. The third-order valence-corrected chi connectivity index (χ3v) is 3.48. The Kier molecular flexibility index (Phi) is 4.27. The molecule has 1 amide bonds. The van der Waals surface area contributed by atoms with Crippen LogP contribution in [0.5, 0.6) is 5.75 Å². The quantitative estimate of drug-likeness (QED) is 0.924. The van der Waals surface area contributed by atoms with Crippen molar-refractivity contribution in [3.8, 4) is 5.75 Å². The Bertz CT molecular complexity index is 441. The molecule has 0 bridgehead atoms. The van der Waals surface area contributed by atoms with Crippen LogP contribution < -0.4 is 10.1 Å². The maximum absolute atomic E-state index is 12.2. The number of rotatable bonds is 4. The third-order valence-electron chi connectivity index (χ3n) is 2.99. The fourth-order valence-corrected chi connectivity index (χ4v) is 2.19. The molecule has 0 unspecified atom stereocenters. The van der Waals surface area contributed by atoms with Crippen molar-refractivity contribution in [3.63, 3.8) is 0 Å². The molecule has 4 heteroatoms. The van der Waals surface area contributed by atoms with Crippen LogP contribution in [0.15, 0.2) is 22.7 Å². The largest absolute Gasteiger partial charge is 0.490 e. The van der Waals surface area contributed by atoms with E-state index in [4.69, 9.17) is 4.74 Å². The molecule has 3 nitrogen and oxygen atoms in total. The van der Waals surface area contributed by atoms with E-state index in [-0.39, 0.29) is 12.0 Å². The first-order valence-electron chi connectivity index (χ1n) is 6.33. The van der Waals surface area contributed by atoms with Gasteiger partial charge in [0.15, 0.2) is 0 Å². The predicted molar refractivity (Wildman–Crippen MR) is 75.0 cm³/mol. The summed E-state index contributed by atoms with van der Waals surface area (Å²) in [7, 11) is 0. The Morgan fingerprint density at radius 1 is 1.44 bits per heavy atom. The SMILES string of the molecule is CC(C)Oc1cc(Br)ccc1C(=O)NC1CCC1. The minimum absolute atomic E-state index is 0.0390. The van der Waals surface area contributed by atoms with E-state index in [9.17, 15) is 4.79 Å². The van der Waals surface area contributed by atoms with Crippen LogP contribution in [0.1, 0.15) is 43.5 Å². The van der Waals surface area contributed by atoms with Gasteiger partial charge < -0.3 is 10.1 Å².